The fourth-order valence-electron chi connectivity index (χ4n) is 3.50. The van der Waals surface area contributed by atoms with Crippen molar-refractivity contribution in [2.24, 2.45) is 4.99 Å². The summed E-state index contributed by atoms with van der Waals surface area (Å²) in [6.07, 6.45) is 1.93. The van der Waals surface area contributed by atoms with Crippen molar-refractivity contribution in [2.75, 3.05) is 0 Å². The number of hydrogen-bond acceptors (Lipinski definition) is 2. The van der Waals surface area contributed by atoms with Gasteiger partial charge in [0.15, 0.2) is 4.80 Å². The van der Waals surface area contributed by atoms with Gasteiger partial charge in [-0.15, -0.1) is 17.9 Å². The highest BCUT2D eigenvalue weighted by Crippen LogP contribution is 2.28. The summed E-state index contributed by atoms with van der Waals surface area (Å²) in [5, 5.41) is 4.57. The Morgan fingerprint density at radius 1 is 0.967 bits per heavy atom. The molecular weight excluding hydrogens is 452 g/mol. The van der Waals surface area contributed by atoms with E-state index in [0.717, 1.165) is 17.0 Å². The summed E-state index contributed by atoms with van der Waals surface area (Å²) in [6.45, 7) is 11.4. The summed E-state index contributed by atoms with van der Waals surface area (Å²) in [5.41, 5.74) is 4.87. The molecule has 3 aromatic carbocycles. The third-order valence-electron chi connectivity index (χ3n) is 5.14. The molecule has 4 aromatic rings. The van der Waals surface area contributed by atoms with Gasteiger partial charge in [0.05, 0.1) is 11.4 Å². The van der Waals surface area contributed by atoms with Gasteiger partial charge in [0.25, 0.3) is 0 Å². The Bertz CT molecular complexity index is 1220. The van der Waals surface area contributed by atoms with Crippen molar-refractivity contribution in [2.45, 2.75) is 32.7 Å². The predicted molar refractivity (Wildman–Crippen MR) is 126 cm³/mol. The Morgan fingerprint density at radius 3 is 2.37 bits per heavy atom. The third kappa shape index (κ3) is 4.50. The molecule has 154 valence electrons. The molecule has 0 spiro atoms. The van der Waals surface area contributed by atoms with Crippen molar-refractivity contribution in [3.63, 3.8) is 0 Å². The van der Waals surface area contributed by atoms with Gasteiger partial charge in [-0.3, -0.25) is 0 Å². The van der Waals surface area contributed by atoms with Crippen molar-refractivity contribution >= 4 is 27.8 Å². The molecular formula is C26H26BrN2S-. The van der Waals surface area contributed by atoms with E-state index in [0.29, 0.717) is 0 Å². The maximum atomic E-state index is 5.02. The third-order valence-corrected chi connectivity index (χ3v) is 6.00. The van der Waals surface area contributed by atoms with E-state index < -0.39 is 0 Å². The smallest absolute Gasteiger partial charge is 0.190 e. The van der Waals surface area contributed by atoms with E-state index in [1.807, 2.05) is 6.08 Å². The van der Waals surface area contributed by atoms with Gasteiger partial charge < -0.3 is 21.5 Å². The van der Waals surface area contributed by atoms with Crippen LogP contribution in [0.5, 0.6) is 0 Å². The van der Waals surface area contributed by atoms with E-state index in [2.05, 4.69) is 104 Å². The van der Waals surface area contributed by atoms with Crippen LogP contribution >= 0.6 is 11.3 Å². The fourth-order valence-corrected chi connectivity index (χ4v) is 4.44. The second-order valence-electron chi connectivity index (χ2n) is 8.24. The van der Waals surface area contributed by atoms with Crippen molar-refractivity contribution in [3.8, 4) is 11.3 Å². The Morgan fingerprint density at radius 2 is 1.67 bits per heavy atom. The molecule has 0 saturated carbocycles. The summed E-state index contributed by atoms with van der Waals surface area (Å²) >= 11 is 1.67. The summed E-state index contributed by atoms with van der Waals surface area (Å²) in [7, 11) is 0. The Hall–Kier alpha value is -2.43. The highest BCUT2D eigenvalue weighted by molar-refractivity contribution is 7.07. The van der Waals surface area contributed by atoms with Gasteiger partial charge in [-0.2, -0.15) is 0 Å². The maximum Gasteiger partial charge on any atom is 0.190 e. The van der Waals surface area contributed by atoms with Crippen LogP contribution in [0.25, 0.3) is 22.0 Å². The molecule has 30 heavy (non-hydrogen) atoms. The van der Waals surface area contributed by atoms with Gasteiger partial charge >= 0.3 is 0 Å². The Balaban J connectivity index is 0.00000256. The van der Waals surface area contributed by atoms with E-state index >= 15 is 0 Å². The molecule has 0 saturated heterocycles. The van der Waals surface area contributed by atoms with Crippen LogP contribution in [0.4, 0.5) is 5.69 Å². The number of aromatic nitrogens is 1. The monoisotopic (exact) mass is 477 g/mol. The van der Waals surface area contributed by atoms with Gasteiger partial charge in [-0.05, 0) is 28.0 Å². The van der Waals surface area contributed by atoms with Crippen LogP contribution in [-0.4, -0.2) is 4.57 Å². The summed E-state index contributed by atoms with van der Waals surface area (Å²) < 4.78 is 2.24. The van der Waals surface area contributed by atoms with Crippen LogP contribution in [0.1, 0.15) is 26.3 Å². The lowest BCUT2D eigenvalue weighted by molar-refractivity contribution is -0.00000615. The average molecular weight is 478 g/mol. The molecule has 0 N–H and O–H groups in total. The lowest BCUT2D eigenvalue weighted by atomic mass is 9.86. The second kappa shape index (κ2) is 9.15. The SMILES string of the molecule is C=CCn1c(-c2ccc(C(C)(C)C)cc2)csc1=Nc1cccc2ccccc12.[Br-]. The minimum Gasteiger partial charge on any atom is -1.00 e. The Labute approximate surface area is 193 Å². The normalized spacial score (nSPS) is 12.0. The maximum absolute atomic E-state index is 5.02. The second-order valence-corrected chi connectivity index (χ2v) is 9.08. The minimum atomic E-state index is 0. The summed E-state index contributed by atoms with van der Waals surface area (Å²) in [6, 6.07) is 23.5. The van der Waals surface area contributed by atoms with Gasteiger partial charge in [0, 0.05) is 17.3 Å². The standard InChI is InChI=1S/C26H26N2S.BrH/c1-5-17-28-24(20-13-15-21(16-14-20)26(2,3)4)18-29-25(28)27-23-12-8-10-19-9-6-7-11-22(19)23;/h5-16,18H,1,17H2,2-4H3;1H/p-1. The van der Waals surface area contributed by atoms with E-state index in [1.54, 1.807) is 11.3 Å². The molecule has 0 aliphatic carbocycles. The molecule has 0 aliphatic rings. The first-order chi connectivity index (χ1) is 14.0. The zero-order valence-electron chi connectivity index (χ0n) is 17.6. The van der Waals surface area contributed by atoms with E-state index in [-0.39, 0.29) is 22.4 Å². The summed E-state index contributed by atoms with van der Waals surface area (Å²) in [4.78, 5) is 6.01. The lowest BCUT2D eigenvalue weighted by Gasteiger charge is -2.19. The van der Waals surface area contributed by atoms with E-state index in [4.69, 9.17) is 4.99 Å². The van der Waals surface area contributed by atoms with Gasteiger partial charge in [0.1, 0.15) is 0 Å². The summed E-state index contributed by atoms with van der Waals surface area (Å²) in [5.74, 6) is 0. The number of halogens is 1. The molecule has 0 radical (unpaired) electrons. The van der Waals surface area contributed by atoms with Crippen molar-refractivity contribution < 1.29 is 17.0 Å². The van der Waals surface area contributed by atoms with Crippen molar-refractivity contribution in [1.29, 1.82) is 0 Å². The first-order valence-electron chi connectivity index (χ1n) is 9.90. The number of thiazole rings is 1. The molecule has 1 aromatic heterocycles. The zero-order valence-corrected chi connectivity index (χ0v) is 20.0. The zero-order chi connectivity index (χ0) is 20.4. The molecule has 4 rings (SSSR count). The number of benzene rings is 3. The van der Waals surface area contributed by atoms with Crippen molar-refractivity contribution in [1.82, 2.24) is 4.57 Å². The van der Waals surface area contributed by atoms with E-state index in [1.165, 1.54) is 27.6 Å². The van der Waals surface area contributed by atoms with Crippen LogP contribution in [-0.2, 0) is 12.0 Å². The number of allylic oxidation sites excluding steroid dienone is 1. The molecule has 0 aliphatic heterocycles. The average Bonchev–Trinajstić information content (AvgIpc) is 3.10. The largest absolute Gasteiger partial charge is 1.00 e. The minimum absolute atomic E-state index is 0. The first kappa shape index (κ1) is 22.3. The quantitative estimate of drug-likeness (QED) is 0.394. The van der Waals surface area contributed by atoms with Crippen LogP contribution < -0.4 is 21.8 Å². The van der Waals surface area contributed by atoms with Gasteiger partial charge in [-0.1, -0.05) is 87.5 Å². The molecule has 1 heterocycles. The van der Waals surface area contributed by atoms with Crippen LogP contribution in [0.15, 0.2) is 89.8 Å². The van der Waals surface area contributed by atoms with Crippen LogP contribution in [0, 0.1) is 0 Å². The topological polar surface area (TPSA) is 17.3 Å². The van der Waals surface area contributed by atoms with Crippen LogP contribution in [0.2, 0.25) is 0 Å². The molecule has 2 nitrogen and oxygen atoms in total. The fraction of sp³-hybridized carbons (Fsp3) is 0.192. The molecule has 0 atom stereocenters. The molecule has 0 unspecified atom stereocenters. The molecule has 0 amide bonds. The predicted octanol–water partition coefficient (Wildman–Crippen LogP) is 4.09. The number of rotatable bonds is 4. The van der Waals surface area contributed by atoms with Gasteiger partial charge in [0.2, 0.25) is 0 Å². The lowest BCUT2D eigenvalue weighted by Crippen LogP contribution is -3.00. The van der Waals surface area contributed by atoms with Crippen LogP contribution in [0.3, 0.4) is 0 Å². The Kier molecular flexibility index (Phi) is 6.79. The highest BCUT2D eigenvalue weighted by Gasteiger charge is 2.14. The molecule has 4 heteroatoms. The number of fused-ring (bicyclic) bond motifs is 1. The van der Waals surface area contributed by atoms with Gasteiger partial charge in [-0.25, -0.2) is 4.99 Å². The number of hydrogen-bond donors (Lipinski definition) is 0. The first-order valence-corrected chi connectivity index (χ1v) is 10.8. The van der Waals surface area contributed by atoms with Crippen molar-refractivity contribution in [3.05, 3.63) is 95.1 Å². The molecule has 0 bridgehead atoms. The molecule has 0 fully saturated rings. The number of nitrogens with zero attached hydrogens (tertiary/aromatic N) is 2. The highest BCUT2D eigenvalue weighted by atomic mass is 79.9. The van der Waals surface area contributed by atoms with E-state index in [9.17, 15) is 0 Å².